The number of halogens is 1. The highest BCUT2D eigenvalue weighted by Gasteiger charge is 2.17. The van der Waals surface area contributed by atoms with Gasteiger partial charge in [0.2, 0.25) is 5.91 Å². The molecule has 0 aliphatic heterocycles. The van der Waals surface area contributed by atoms with Crippen LogP contribution in [0.1, 0.15) is 18.9 Å². The van der Waals surface area contributed by atoms with E-state index in [-0.39, 0.29) is 12.3 Å². The monoisotopic (exact) mass is 347 g/mol. The smallest absolute Gasteiger partial charge is 0.326 e. The van der Waals surface area contributed by atoms with Crippen LogP contribution in [0.25, 0.3) is 0 Å². The first-order valence-electron chi connectivity index (χ1n) is 5.30. The summed E-state index contributed by atoms with van der Waals surface area (Å²) in [6.07, 6.45) is 0.593. The topological polar surface area (TPSA) is 66.4 Å². The average molecular weight is 347 g/mol. The molecule has 1 atom stereocenters. The fourth-order valence-electron chi connectivity index (χ4n) is 1.40. The first-order chi connectivity index (χ1) is 8.04. The highest BCUT2D eigenvalue weighted by Crippen LogP contribution is 2.11. The fourth-order valence-corrected chi connectivity index (χ4v) is 1.98. The molecule has 0 aliphatic rings. The van der Waals surface area contributed by atoms with Crippen LogP contribution >= 0.6 is 22.6 Å². The van der Waals surface area contributed by atoms with E-state index < -0.39 is 12.0 Å². The summed E-state index contributed by atoms with van der Waals surface area (Å²) in [6, 6.07) is 6.74. The van der Waals surface area contributed by atoms with Gasteiger partial charge in [-0.25, -0.2) is 4.79 Å². The molecule has 92 valence electrons. The largest absolute Gasteiger partial charge is 0.480 e. The number of carbonyl (C=O) groups excluding carboxylic acids is 1. The molecule has 2 N–H and O–H groups in total. The zero-order valence-electron chi connectivity index (χ0n) is 9.44. The minimum atomic E-state index is -0.997. The summed E-state index contributed by atoms with van der Waals surface area (Å²) in [6.45, 7) is 1.73. The number of nitrogens with one attached hydrogen (secondary N) is 1. The van der Waals surface area contributed by atoms with Crippen molar-refractivity contribution in [3.63, 3.8) is 0 Å². The van der Waals surface area contributed by atoms with Crippen LogP contribution in [0.5, 0.6) is 0 Å². The van der Waals surface area contributed by atoms with Crippen LogP contribution in [0.4, 0.5) is 0 Å². The first-order valence-corrected chi connectivity index (χ1v) is 6.38. The Morgan fingerprint density at radius 2 is 2.06 bits per heavy atom. The third-order valence-corrected chi connectivity index (χ3v) is 3.40. The molecule has 0 saturated carbocycles. The number of carboxylic acid groups (broad SMARTS) is 1. The summed E-state index contributed by atoms with van der Waals surface area (Å²) < 4.78 is 1.00. The van der Waals surface area contributed by atoms with E-state index >= 15 is 0 Å². The summed E-state index contributed by atoms with van der Waals surface area (Å²) in [5.41, 5.74) is 0.908. The zero-order valence-corrected chi connectivity index (χ0v) is 11.6. The van der Waals surface area contributed by atoms with Crippen molar-refractivity contribution in [3.8, 4) is 0 Å². The average Bonchev–Trinajstić information content (AvgIpc) is 2.28. The van der Waals surface area contributed by atoms with Crippen molar-refractivity contribution in [2.75, 3.05) is 0 Å². The Morgan fingerprint density at radius 1 is 1.41 bits per heavy atom. The van der Waals surface area contributed by atoms with Gasteiger partial charge in [0, 0.05) is 3.57 Å². The van der Waals surface area contributed by atoms with Crippen LogP contribution in [-0.2, 0) is 16.0 Å². The Labute approximate surface area is 114 Å². The lowest BCUT2D eigenvalue weighted by molar-refractivity contribution is -0.141. The van der Waals surface area contributed by atoms with Crippen molar-refractivity contribution < 1.29 is 14.7 Å². The summed E-state index contributed by atoms with van der Waals surface area (Å²) >= 11 is 2.15. The minimum Gasteiger partial charge on any atom is -0.480 e. The van der Waals surface area contributed by atoms with Crippen LogP contribution in [-0.4, -0.2) is 23.0 Å². The van der Waals surface area contributed by atoms with E-state index in [1.165, 1.54) is 0 Å². The number of aliphatic carboxylic acids is 1. The number of hydrogen-bond acceptors (Lipinski definition) is 2. The molecule has 1 amide bonds. The van der Waals surface area contributed by atoms with E-state index in [9.17, 15) is 9.59 Å². The molecule has 17 heavy (non-hydrogen) atoms. The van der Waals surface area contributed by atoms with E-state index in [4.69, 9.17) is 5.11 Å². The zero-order chi connectivity index (χ0) is 12.8. The maximum Gasteiger partial charge on any atom is 0.326 e. The molecule has 1 aromatic rings. The molecular weight excluding hydrogens is 333 g/mol. The van der Waals surface area contributed by atoms with Gasteiger partial charge in [-0.15, -0.1) is 0 Å². The molecule has 5 heteroatoms. The predicted molar refractivity (Wildman–Crippen MR) is 72.7 cm³/mol. The fraction of sp³-hybridized carbons (Fsp3) is 0.333. The van der Waals surface area contributed by atoms with Crippen molar-refractivity contribution in [2.24, 2.45) is 0 Å². The van der Waals surface area contributed by atoms with Crippen molar-refractivity contribution in [2.45, 2.75) is 25.8 Å². The van der Waals surface area contributed by atoms with Crippen molar-refractivity contribution in [3.05, 3.63) is 33.4 Å². The quantitative estimate of drug-likeness (QED) is 0.799. The van der Waals surface area contributed by atoms with E-state index in [1.54, 1.807) is 6.92 Å². The Bertz CT molecular complexity index is 420. The Hall–Kier alpha value is -1.11. The molecule has 0 unspecified atom stereocenters. The van der Waals surface area contributed by atoms with Gasteiger partial charge < -0.3 is 10.4 Å². The lowest BCUT2D eigenvalue weighted by atomic mass is 10.1. The number of benzene rings is 1. The third-order valence-electron chi connectivity index (χ3n) is 2.35. The van der Waals surface area contributed by atoms with E-state index in [0.717, 1.165) is 9.13 Å². The van der Waals surface area contributed by atoms with Gasteiger partial charge in [-0.3, -0.25) is 4.79 Å². The lowest BCUT2D eigenvalue weighted by Crippen LogP contribution is -2.41. The molecule has 0 bridgehead atoms. The number of hydrogen-bond donors (Lipinski definition) is 2. The normalized spacial score (nSPS) is 11.9. The second-order valence-electron chi connectivity index (χ2n) is 3.63. The van der Waals surface area contributed by atoms with Crippen LogP contribution in [0.3, 0.4) is 0 Å². The van der Waals surface area contributed by atoms with Crippen LogP contribution in [0, 0.1) is 3.57 Å². The number of carbonyl (C=O) groups is 2. The van der Waals surface area contributed by atoms with Gasteiger partial charge in [-0.2, -0.15) is 0 Å². The molecule has 0 radical (unpaired) electrons. The number of amides is 1. The molecule has 0 spiro atoms. The number of rotatable bonds is 5. The van der Waals surface area contributed by atoms with E-state index in [0.29, 0.717) is 6.42 Å². The number of carboxylic acids is 1. The van der Waals surface area contributed by atoms with Crippen molar-refractivity contribution in [1.29, 1.82) is 0 Å². The summed E-state index contributed by atoms with van der Waals surface area (Å²) in [5, 5.41) is 11.3. The standard InChI is InChI=1S/C12H14INO3/c1-2-10(12(16)17)14-11(15)7-8-5-3-4-6-9(8)13/h3-6,10H,2,7H2,1H3,(H,14,15)(H,16,17)/t10-/m0/s1. The van der Waals surface area contributed by atoms with Crippen LogP contribution < -0.4 is 5.32 Å². The van der Waals surface area contributed by atoms with Gasteiger partial charge in [0.05, 0.1) is 6.42 Å². The first kappa shape index (κ1) is 14.0. The molecule has 1 aromatic carbocycles. The van der Waals surface area contributed by atoms with Crippen LogP contribution in [0.15, 0.2) is 24.3 Å². The summed E-state index contributed by atoms with van der Waals surface area (Å²) in [5.74, 6) is -1.26. The van der Waals surface area contributed by atoms with Gasteiger partial charge in [-0.1, -0.05) is 25.1 Å². The Kier molecular flexibility index (Phi) is 5.40. The summed E-state index contributed by atoms with van der Waals surface area (Å²) in [4.78, 5) is 22.4. The van der Waals surface area contributed by atoms with Crippen molar-refractivity contribution >= 4 is 34.5 Å². The molecule has 0 heterocycles. The second kappa shape index (κ2) is 6.58. The third kappa shape index (κ3) is 4.33. The Morgan fingerprint density at radius 3 is 2.59 bits per heavy atom. The van der Waals surface area contributed by atoms with Crippen molar-refractivity contribution in [1.82, 2.24) is 5.32 Å². The highest BCUT2D eigenvalue weighted by molar-refractivity contribution is 14.1. The Balaban J connectivity index is 2.61. The maximum absolute atomic E-state index is 11.7. The predicted octanol–water partition coefficient (Wildman–Crippen LogP) is 1.81. The van der Waals surface area contributed by atoms with Gasteiger partial charge in [0.15, 0.2) is 0 Å². The van der Waals surface area contributed by atoms with E-state index in [1.807, 2.05) is 24.3 Å². The molecular formula is C12H14INO3. The minimum absolute atomic E-state index is 0.211. The second-order valence-corrected chi connectivity index (χ2v) is 4.80. The summed E-state index contributed by atoms with van der Waals surface area (Å²) in [7, 11) is 0. The molecule has 0 fully saturated rings. The highest BCUT2D eigenvalue weighted by atomic mass is 127. The lowest BCUT2D eigenvalue weighted by Gasteiger charge is -2.12. The SMILES string of the molecule is CC[C@H](NC(=O)Cc1ccccc1I)C(=O)O. The maximum atomic E-state index is 11.7. The van der Waals surface area contributed by atoms with Gasteiger partial charge >= 0.3 is 5.97 Å². The molecule has 1 rings (SSSR count). The molecule has 0 aliphatic carbocycles. The molecule has 0 aromatic heterocycles. The molecule has 0 saturated heterocycles. The van der Waals surface area contributed by atoms with Crippen LogP contribution in [0.2, 0.25) is 0 Å². The molecule has 4 nitrogen and oxygen atoms in total. The van der Waals surface area contributed by atoms with E-state index in [2.05, 4.69) is 27.9 Å². The van der Waals surface area contributed by atoms with Gasteiger partial charge in [0.25, 0.3) is 0 Å². The van der Waals surface area contributed by atoms with Gasteiger partial charge in [0.1, 0.15) is 6.04 Å². The van der Waals surface area contributed by atoms with Gasteiger partial charge in [-0.05, 0) is 40.6 Å².